The van der Waals surface area contributed by atoms with Gasteiger partial charge < -0.3 is 18.8 Å². The minimum absolute atomic E-state index is 0.246. The molecule has 0 spiro atoms. The van der Waals surface area contributed by atoms with Gasteiger partial charge in [-0.05, 0) is 30.7 Å². The van der Waals surface area contributed by atoms with Crippen LogP contribution in [0, 0.1) is 0 Å². The fraction of sp³-hybridized carbons (Fsp3) is 0.200. The van der Waals surface area contributed by atoms with Gasteiger partial charge in [0.25, 0.3) is 5.91 Å². The SMILES string of the molecule is O=C(NCCCn1cccc1)c1cc(-c2ccco2)on1. The van der Waals surface area contributed by atoms with Gasteiger partial charge in [0, 0.05) is 31.5 Å². The van der Waals surface area contributed by atoms with E-state index in [1.54, 1.807) is 24.5 Å². The van der Waals surface area contributed by atoms with Crippen molar-refractivity contribution in [2.24, 2.45) is 0 Å². The van der Waals surface area contributed by atoms with E-state index in [1.165, 1.54) is 0 Å². The zero-order valence-corrected chi connectivity index (χ0v) is 11.4. The van der Waals surface area contributed by atoms with Crippen LogP contribution in [0.1, 0.15) is 16.9 Å². The Labute approximate surface area is 121 Å². The van der Waals surface area contributed by atoms with Gasteiger partial charge in [0.2, 0.25) is 5.76 Å². The first-order chi connectivity index (χ1) is 10.3. The highest BCUT2D eigenvalue weighted by atomic mass is 16.5. The Morgan fingerprint density at radius 1 is 1.24 bits per heavy atom. The van der Waals surface area contributed by atoms with Crippen molar-refractivity contribution < 1.29 is 13.7 Å². The van der Waals surface area contributed by atoms with Gasteiger partial charge in [-0.3, -0.25) is 4.79 Å². The van der Waals surface area contributed by atoms with Crippen LogP contribution in [0.3, 0.4) is 0 Å². The summed E-state index contributed by atoms with van der Waals surface area (Å²) in [6.45, 7) is 1.45. The Kier molecular flexibility index (Phi) is 3.86. The van der Waals surface area contributed by atoms with Crippen molar-refractivity contribution in [3.8, 4) is 11.5 Å². The van der Waals surface area contributed by atoms with Crippen LogP contribution in [0.5, 0.6) is 0 Å². The fourth-order valence-corrected chi connectivity index (χ4v) is 1.99. The molecule has 0 atom stereocenters. The van der Waals surface area contributed by atoms with Gasteiger partial charge >= 0.3 is 0 Å². The number of furan rings is 1. The van der Waals surface area contributed by atoms with E-state index < -0.39 is 0 Å². The van der Waals surface area contributed by atoms with Crippen molar-refractivity contribution in [1.82, 2.24) is 15.0 Å². The lowest BCUT2D eigenvalue weighted by Gasteiger charge is -2.03. The van der Waals surface area contributed by atoms with Gasteiger partial charge in [0.15, 0.2) is 11.5 Å². The summed E-state index contributed by atoms with van der Waals surface area (Å²) >= 11 is 0. The highest BCUT2D eigenvalue weighted by Crippen LogP contribution is 2.20. The van der Waals surface area contributed by atoms with Crippen molar-refractivity contribution in [3.63, 3.8) is 0 Å². The summed E-state index contributed by atoms with van der Waals surface area (Å²) in [5.74, 6) is 0.746. The molecule has 1 N–H and O–H groups in total. The van der Waals surface area contributed by atoms with Crippen LogP contribution in [0.25, 0.3) is 11.5 Å². The first-order valence-corrected chi connectivity index (χ1v) is 6.72. The maximum Gasteiger partial charge on any atom is 0.273 e. The molecule has 0 aromatic carbocycles. The van der Waals surface area contributed by atoms with Crippen LogP contribution < -0.4 is 5.32 Å². The summed E-state index contributed by atoms with van der Waals surface area (Å²) < 4.78 is 12.3. The number of carbonyl (C=O) groups excluding carboxylic acids is 1. The van der Waals surface area contributed by atoms with E-state index in [2.05, 4.69) is 15.0 Å². The molecule has 108 valence electrons. The van der Waals surface area contributed by atoms with E-state index in [-0.39, 0.29) is 11.6 Å². The third kappa shape index (κ3) is 3.22. The molecule has 0 aliphatic heterocycles. The number of hydrogen-bond acceptors (Lipinski definition) is 4. The number of rotatable bonds is 6. The predicted octanol–water partition coefficient (Wildman–Crippen LogP) is 2.56. The van der Waals surface area contributed by atoms with Crippen molar-refractivity contribution in [2.75, 3.05) is 6.54 Å². The maximum absolute atomic E-state index is 11.9. The van der Waals surface area contributed by atoms with Gasteiger partial charge in [-0.1, -0.05) is 5.16 Å². The van der Waals surface area contributed by atoms with Crippen molar-refractivity contribution >= 4 is 5.91 Å². The van der Waals surface area contributed by atoms with Gasteiger partial charge in [-0.15, -0.1) is 0 Å². The molecule has 0 radical (unpaired) electrons. The highest BCUT2D eigenvalue weighted by Gasteiger charge is 2.14. The van der Waals surface area contributed by atoms with E-state index in [1.807, 2.05) is 24.5 Å². The Morgan fingerprint density at radius 3 is 2.86 bits per heavy atom. The minimum Gasteiger partial charge on any atom is -0.461 e. The molecule has 0 bridgehead atoms. The lowest BCUT2D eigenvalue weighted by Crippen LogP contribution is -2.25. The van der Waals surface area contributed by atoms with Crippen molar-refractivity contribution in [2.45, 2.75) is 13.0 Å². The van der Waals surface area contributed by atoms with Crippen molar-refractivity contribution in [1.29, 1.82) is 0 Å². The molecule has 3 aromatic rings. The van der Waals surface area contributed by atoms with E-state index in [0.29, 0.717) is 18.1 Å². The number of nitrogens with one attached hydrogen (secondary N) is 1. The number of nitrogens with zero attached hydrogens (tertiary/aromatic N) is 2. The van der Waals surface area contributed by atoms with E-state index in [0.717, 1.165) is 13.0 Å². The average molecular weight is 285 g/mol. The third-order valence-electron chi connectivity index (χ3n) is 3.05. The molecule has 6 nitrogen and oxygen atoms in total. The molecular formula is C15H15N3O3. The minimum atomic E-state index is -0.246. The largest absolute Gasteiger partial charge is 0.461 e. The molecule has 3 rings (SSSR count). The lowest BCUT2D eigenvalue weighted by atomic mass is 10.3. The van der Waals surface area contributed by atoms with Gasteiger partial charge in [-0.25, -0.2) is 0 Å². The number of carbonyl (C=O) groups is 1. The second-order valence-electron chi connectivity index (χ2n) is 4.58. The van der Waals surface area contributed by atoms with Gasteiger partial charge in [-0.2, -0.15) is 0 Å². The van der Waals surface area contributed by atoms with Crippen LogP contribution in [0.2, 0.25) is 0 Å². The first-order valence-electron chi connectivity index (χ1n) is 6.72. The molecule has 0 saturated carbocycles. The highest BCUT2D eigenvalue weighted by molar-refractivity contribution is 5.92. The van der Waals surface area contributed by atoms with Crippen LogP contribution in [-0.4, -0.2) is 22.2 Å². The molecular weight excluding hydrogens is 270 g/mol. The molecule has 6 heteroatoms. The third-order valence-corrected chi connectivity index (χ3v) is 3.05. The normalized spacial score (nSPS) is 10.7. The molecule has 0 aliphatic carbocycles. The van der Waals surface area contributed by atoms with E-state index >= 15 is 0 Å². The molecule has 1 amide bonds. The zero-order chi connectivity index (χ0) is 14.5. The van der Waals surface area contributed by atoms with Crippen molar-refractivity contribution in [3.05, 3.63) is 54.7 Å². The molecule has 0 fully saturated rings. The van der Waals surface area contributed by atoms with Gasteiger partial charge in [0.1, 0.15) is 0 Å². The smallest absolute Gasteiger partial charge is 0.273 e. The topological polar surface area (TPSA) is 73.2 Å². The van der Waals surface area contributed by atoms with Crippen LogP contribution in [0.15, 0.2) is 57.9 Å². The second-order valence-corrected chi connectivity index (χ2v) is 4.58. The Balaban J connectivity index is 1.49. The summed E-state index contributed by atoms with van der Waals surface area (Å²) in [5, 5.41) is 6.56. The quantitative estimate of drug-likeness (QED) is 0.706. The number of aromatic nitrogens is 2. The van der Waals surface area contributed by atoms with E-state index in [9.17, 15) is 4.79 Å². The zero-order valence-electron chi connectivity index (χ0n) is 11.4. The molecule has 21 heavy (non-hydrogen) atoms. The van der Waals surface area contributed by atoms with Gasteiger partial charge in [0.05, 0.1) is 6.26 Å². The van der Waals surface area contributed by atoms with Crippen LogP contribution in [-0.2, 0) is 6.54 Å². The maximum atomic E-state index is 11.9. The predicted molar refractivity (Wildman–Crippen MR) is 75.6 cm³/mol. The average Bonchev–Trinajstić information content (AvgIpc) is 3.25. The summed E-state index contributed by atoms with van der Waals surface area (Å²) in [7, 11) is 0. The number of aryl methyl sites for hydroxylation is 1. The monoisotopic (exact) mass is 285 g/mol. The van der Waals surface area contributed by atoms with E-state index in [4.69, 9.17) is 8.94 Å². The number of hydrogen-bond donors (Lipinski definition) is 1. The summed E-state index contributed by atoms with van der Waals surface area (Å²) in [4.78, 5) is 11.9. The molecule has 3 heterocycles. The number of amides is 1. The summed E-state index contributed by atoms with van der Waals surface area (Å²) in [5.41, 5.74) is 0.252. The Morgan fingerprint density at radius 2 is 2.10 bits per heavy atom. The van der Waals surface area contributed by atoms with Crippen LogP contribution in [0.4, 0.5) is 0 Å². The molecule has 3 aromatic heterocycles. The lowest BCUT2D eigenvalue weighted by molar-refractivity contribution is 0.0943. The van der Waals surface area contributed by atoms with Crippen LogP contribution >= 0.6 is 0 Å². The Hall–Kier alpha value is -2.76. The second kappa shape index (κ2) is 6.13. The fourth-order valence-electron chi connectivity index (χ4n) is 1.99. The summed E-state index contributed by atoms with van der Waals surface area (Å²) in [6.07, 6.45) is 6.38. The Bertz CT molecular complexity index is 684. The molecule has 0 saturated heterocycles. The molecule has 0 unspecified atom stereocenters. The first kappa shape index (κ1) is 13.2. The molecule has 0 aliphatic rings. The summed E-state index contributed by atoms with van der Waals surface area (Å²) in [6, 6.07) is 9.02. The standard InChI is InChI=1S/C15H15N3O3/c19-15(16-6-4-9-18-7-1-2-8-18)12-11-14(21-17-12)13-5-3-10-20-13/h1-3,5,7-8,10-11H,4,6,9H2,(H,16,19).